The predicted molar refractivity (Wildman–Crippen MR) is 68.1 cm³/mol. The Balaban J connectivity index is 1.64. The summed E-state index contributed by atoms with van der Waals surface area (Å²) in [6.07, 6.45) is 6.65. The number of esters is 1. The van der Waals surface area contributed by atoms with Crippen molar-refractivity contribution in [2.45, 2.75) is 38.6 Å². The van der Waals surface area contributed by atoms with E-state index in [9.17, 15) is 9.59 Å². The van der Waals surface area contributed by atoms with E-state index in [4.69, 9.17) is 9.15 Å². The van der Waals surface area contributed by atoms with Crippen molar-refractivity contribution < 1.29 is 18.7 Å². The second kappa shape index (κ2) is 6.97. The Morgan fingerprint density at radius 1 is 1.32 bits per heavy atom. The van der Waals surface area contributed by atoms with Gasteiger partial charge in [0, 0.05) is 0 Å². The number of hydrogen-bond acceptors (Lipinski definition) is 4. The normalized spacial score (nSPS) is 16.0. The molecule has 1 aromatic heterocycles. The lowest BCUT2D eigenvalue weighted by Crippen LogP contribution is -2.30. The first kappa shape index (κ1) is 13.6. The SMILES string of the molecule is O=C(COC(=O)C1CCCCC1)NCc1ccco1. The Labute approximate surface area is 112 Å². The average Bonchev–Trinajstić information content (AvgIpc) is 2.96. The molecule has 0 aromatic carbocycles. The third-order valence-electron chi connectivity index (χ3n) is 3.32. The van der Waals surface area contributed by atoms with Crippen molar-refractivity contribution in [3.05, 3.63) is 24.2 Å². The minimum absolute atomic E-state index is 0.0216. The fraction of sp³-hybridized carbons (Fsp3) is 0.571. The van der Waals surface area contributed by atoms with Crippen molar-refractivity contribution in [2.24, 2.45) is 5.92 Å². The summed E-state index contributed by atoms with van der Waals surface area (Å²) >= 11 is 0. The maximum Gasteiger partial charge on any atom is 0.309 e. The highest BCUT2D eigenvalue weighted by Crippen LogP contribution is 2.24. The second-order valence-electron chi connectivity index (χ2n) is 4.80. The lowest BCUT2D eigenvalue weighted by molar-refractivity contribution is -0.153. The van der Waals surface area contributed by atoms with E-state index in [1.54, 1.807) is 18.4 Å². The van der Waals surface area contributed by atoms with Gasteiger partial charge >= 0.3 is 5.97 Å². The molecule has 0 atom stereocenters. The molecule has 1 amide bonds. The standard InChI is InChI=1S/C14H19NO4/c16-13(15-9-12-7-4-8-18-12)10-19-14(17)11-5-2-1-3-6-11/h4,7-8,11H,1-3,5-6,9-10H2,(H,15,16). The quantitative estimate of drug-likeness (QED) is 0.827. The molecule has 19 heavy (non-hydrogen) atoms. The van der Waals surface area contributed by atoms with E-state index in [0.717, 1.165) is 25.7 Å². The van der Waals surface area contributed by atoms with Gasteiger partial charge in [-0.15, -0.1) is 0 Å². The zero-order chi connectivity index (χ0) is 13.5. The Morgan fingerprint density at radius 2 is 2.11 bits per heavy atom. The van der Waals surface area contributed by atoms with E-state index >= 15 is 0 Å². The molecule has 0 radical (unpaired) electrons. The molecule has 0 unspecified atom stereocenters. The van der Waals surface area contributed by atoms with E-state index < -0.39 is 0 Å². The van der Waals surface area contributed by atoms with Crippen LogP contribution in [0.5, 0.6) is 0 Å². The van der Waals surface area contributed by atoms with Gasteiger partial charge in [-0.05, 0) is 25.0 Å². The molecule has 104 valence electrons. The van der Waals surface area contributed by atoms with E-state index in [1.807, 2.05) is 0 Å². The Bertz CT molecular complexity index is 407. The first-order chi connectivity index (χ1) is 9.25. The third kappa shape index (κ3) is 4.43. The molecule has 1 heterocycles. The minimum atomic E-state index is -0.305. The van der Waals surface area contributed by atoms with Crippen LogP contribution in [0.2, 0.25) is 0 Å². The Kier molecular flexibility index (Phi) is 5.01. The van der Waals surface area contributed by atoms with Crippen LogP contribution in [0.4, 0.5) is 0 Å². The molecule has 1 aliphatic carbocycles. The number of rotatable bonds is 5. The largest absolute Gasteiger partial charge is 0.467 e. The smallest absolute Gasteiger partial charge is 0.309 e. The summed E-state index contributed by atoms with van der Waals surface area (Å²) in [5.41, 5.74) is 0. The zero-order valence-corrected chi connectivity index (χ0v) is 10.9. The number of ether oxygens (including phenoxy) is 1. The van der Waals surface area contributed by atoms with Crippen LogP contribution in [0.1, 0.15) is 37.9 Å². The van der Waals surface area contributed by atoms with Gasteiger partial charge in [-0.3, -0.25) is 9.59 Å². The minimum Gasteiger partial charge on any atom is -0.467 e. The van der Waals surface area contributed by atoms with Crippen molar-refractivity contribution in [1.29, 1.82) is 0 Å². The van der Waals surface area contributed by atoms with Crippen LogP contribution < -0.4 is 5.32 Å². The number of hydrogen-bond donors (Lipinski definition) is 1. The van der Waals surface area contributed by atoms with Gasteiger partial charge in [0.1, 0.15) is 5.76 Å². The van der Waals surface area contributed by atoms with Crippen LogP contribution in [-0.2, 0) is 20.9 Å². The van der Waals surface area contributed by atoms with Crippen LogP contribution in [-0.4, -0.2) is 18.5 Å². The highest BCUT2D eigenvalue weighted by Gasteiger charge is 2.22. The van der Waals surface area contributed by atoms with Crippen LogP contribution in [0.25, 0.3) is 0 Å². The Hall–Kier alpha value is -1.78. The maximum absolute atomic E-state index is 11.7. The fourth-order valence-corrected chi connectivity index (χ4v) is 2.24. The topological polar surface area (TPSA) is 68.5 Å². The highest BCUT2D eigenvalue weighted by molar-refractivity contribution is 5.81. The molecular weight excluding hydrogens is 246 g/mol. The molecule has 1 aromatic rings. The predicted octanol–water partition coefficient (Wildman–Crippen LogP) is 2.02. The van der Waals surface area contributed by atoms with Gasteiger partial charge in [0.2, 0.25) is 0 Å². The van der Waals surface area contributed by atoms with Crippen LogP contribution in [0.3, 0.4) is 0 Å². The van der Waals surface area contributed by atoms with E-state index in [-0.39, 0.29) is 24.4 Å². The summed E-state index contributed by atoms with van der Waals surface area (Å²) in [4.78, 5) is 23.2. The fourth-order valence-electron chi connectivity index (χ4n) is 2.24. The van der Waals surface area contributed by atoms with Gasteiger partial charge in [-0.25, -0.2) is 0 Å². The lowest BCUT2D eigenvalue weighted by Gasteiger charge is -2.19. The van der Waals surface area contributed by atoms with E-state index in [0.29, 0.717) is 12.3 Å². The molecule has 0 spiro atoms. The summed E-state index contributed by atoms with van der Waals surface area (Å²) in [6.45, 7) is 0.100. The van der Waals surface area contributed by atoms with Crippen LogP contribution >= 0.6 is 0 Å². The molecule has 0 bridgehead atoms. The summed E-state index contributed by atoms with van der Waals surface area (Å²) < 4.78 is 10.1. The first-order valence-electron chi connectivity index (χ1n) is 6.71. The van der Waals surface area contributed by atoms with E-state index in [2.05, 4.69) is 5.32 Å². The lowest BCUT2D eigenvalue weighted by atomic mass is 9.89. The molecule has 0 saturated heterocycles. The summed E-state index contributed by atoms with van der Waals surface area (Å²) in [7, 11) is 0. The van der Waals surface area contributed by atoms with Gasteiger partial charge in [0.05, 0.1) is 18.7 Å². The molecule has 1 aliphatic rings. The van der Waals surface area contributed by atoms with Crippen LogP contribution in [0.15, 0.2) is 22.8 Å². The first-order valence-corrected chi connectivity index (χ1v) is 6.71. The Morgan fingerprint density at radius 3 is 2.79 bits per heavy atom. The highest BCUT2D eigenvalue weighted by atomic mass is 16.5. The van der Waals surface area contributed by atoms with Gasteiger partial charge in [-0.1, -0.05) is 19.3 Å². The average molecular weight is 265 g/mol. The van der Waals surface area contributed by atoms with Gasteiger partial charge in [0.15, 0.2) is 6.61 Å². The van der Waals surface area contributed by atoms with E-state index in [1.165, 1.54) is 6.42 Å². The van der Waals surface area contributed by atoms with Crippen molar-refractivity contribution >= 4 is 11.9 Å². The second-order valence-corrected chi connectivity index (χ2v) is 4.80. The van der Waals surface area contributed by atoms with Crippen molar-refractivity contribution in [2.75, 3.05) is 6.61 Å². The molecule has 2 rings (SSSR count). The number of furan rings is 1. The number of amides is 1. The number of nitrogens with one attached hydrogen (secondary N) is 1. The molecular formula is C14H19NO4. The monoisotopic (exact) mass is 265 g/mol. The molecule has 1 N–H and O–H groups in total. The zero-order valence-electron chi connectivity index (χ0n) is 10.9. The molecule has 1 fully saturated rings. The van der Waals surface area contributed by atoms with Crippen molar-refractivity contribution in [1.82, 2.24) is 5.32 Å². The summed E-state index contributed by atoms with van der Waals surface area (Å²) in [5, 5.41) is 2.63. The number of carbonyl (C=O) groups excluding carboxylic acids is 2. The number of carbonyl (C=O) groups is 2. The third-order valence-corrected chi connectivity index (χ3v) is 3.32. The van der Waals surface area contributed by atoms with Gasteiger partial charge in [-0.2, -0.15) is 0 Å². The molecule has 1 saturated carbocycles. The van der Waals surface area contributed by atoms with Crippen LogP contribution in [0, 0.1) is 5.92 Å². The molecule has 5 nitrogen and oxygen atoms in total. The van der Waals surface area contributed by atoms with Gasteiger partial charge < -0.3 is 14.5 Å². The van der Waals surface area contributed by atoms with Crippen molar-refractivity contribution in [3.8, 4) is 0 Å². The maximum atomic E-state index is 11.7. The summed E-state index contributed by atoms with van der Waals surface area (Å²) in [5.74, 6) is 0.104. The molecule has 0 aliphatic heterocycles. The molecule has 5 heteroatoms. The van der Waals surface area contributed by atoms with Crippen molar-refractivity contribution in [3.63, 3.8) is 0 Å². The summed E-state index contributed by atoms with van der Waals surface area (Å²) in [6, 6.07) is 3.53. The van der Waals surface area contributed by atoms with Gasteiger partial charge in [0.25, 0.3) is 5.91 Å².